The second-order valence-electron chi connectivity index (χ2n) is 3.89. The molecule has 1 aromatic carbocycles. The average Bonchev–Trinajstić information content (AvgIpc) is 3.11. The maximum Gasteiger partial charge on any atom is 0.258 e. The van der Waals surface area contributed by atoms with Gasteiger partial charge in [-0.25, -0.2) is 0 Å². The second-order valence-corrected chi connectivity index (χ2v) is 3.89. The molecule has 2 heterocycles. The fourth-order valence-electron chi connectivity index (χ4n) is 1.81. The lowest BCUT2D eigenvalue weighted by Crippen LogP contribution is -1.88. The van der Waals surface area contributed by atoms with Gasteiger partial charge >= 0.3 is 0 Å². The van der Waals surface area contributed by atoms with E-state index in [1.807, 2.05) is 24.3 Å². The molecule has 3 rings (SSSR count). The van der Waals surface area contributed by atoms with E-state index in [9.17, 15) is 0 Å². The molecule has 5 nitrogen and oxygen atoms in total. The van der Waals surface area contributed by atoms with E-state index in [0.717, 1.165) is 11.1 Å². The van der Waals surface area contributed by atoms with E-state index in [1.165, 1.54) is 0 Å². The summed E-state index contributed by atoms with van der Waals surface area (Å²) in [4.78, 5) is 4.28. The zero-order valence-electron chi connectivity index (χ0n) is 9.91. The Morgan fingerprint density at radius 2 is 2.05 bits per heavy atom. The van der Waals surface area contributed by atoms with E-state index in [4.69, 9.17) is 14.2 Å². The third-order valence-corrected chi connectivity index (χ3v) is 2.68. The van der Waals surface area contributed by atoms with Gasteiger partial charge in [-0.15, -0.1) is 0 Å². The number of aromatic nitrogens is 2. The van der Waals surface area contributed by atoms with Gasteiger partial charge in [0.15, 0.2) is 5.76 Å². The first-order valence-corrected chi connectivity index (χ1v) is 5.71. The average molecular weight is 251 g/mol. The van der Waals surface area contributed by atoms with Crippen LogP contribution in [0.2, 0.25) is 0 Å². The number of hydrogen-bond donors (Lipinski definition) is 0. The van der Waals surface area contributed by atoms with Gasteiger partial charge in [-0.05, 0) is 23.8 Å². The van der Waals surface area contributed by atoms with Crippen LogP contribution in [-0.2, 0) is 6.42 Å². The number of benzene rings is 1. The Morgan fingerprint density at radius 3 is 2.84 bits per heavy atom. The van der Waals surface area contributed by atoms with Crippen LogP contribution in [0.1, 0.15) is 5.56 Å². The smallest absolute Gasteiger partial charge is 0.258 e. The summed E-state index contributed by atoms with van der Waals surface area (Å²) in [6, 6.07) is 13.1. The Kier molecular flexibility index (Phi) is 2.83. The molecule has 0 bridgehead atoms. The predicted molar refractivity (Wildman–Crippen MR) is 66.8 cm³/mol. The highest BCUT2D eigenvalue weighted by atomic mass is 16.5. The Balaban J connectivity index is 2.02. The quantitative estimate of drug-likeness (QED) is 0.715. The van der Waals surface area contributed by atoms with Gasteiger partial charge < -0.3 is 8.94 Å². The van der Waals surface area contributed by atoms with E-state index in [0.29, 0.717) is 23.9 Å². The third kappa shape index (κ3) is 2.11. The highest BCUT2D eigenvalue weighted by Gasteiger charge is 2.14. The Hall–Kier alpha value is -2.87. The molecule has 0 saturated heterocycles. The lowest BCUT2D eigenvalue weighted by molar-refractivity contribution is 0.429. The van der Waals surface area contributed by atoms with Crippen LogP contribution in [0, 0.1) is 11.3 Å². The normalized spacial score (nSPS) is 10.3. The molecule has 0 unspecified atom stereocenters. The summed E-state index contributed by atoms with van der Waals surface area (Å²) in [6.45, 7) is 0. The van der Waals surface area contributed by atoms with Crippen molar-refractivity contribution in [2.75, 3.05) is 0 Å². The molecule has 5 heteroatoms. The van der Waals surface area contributed by atoms with Crippen molar-refractivity contribution < 1.29 is 8.94 Å². The fourth-order valence-corrected chi connectivity index (χ4v) is 1.81. The monoisotopic (exact) mass is 251 g/mol. The first-order chi connectivity index (χ1) is 9.38. The highest BCUT2D eigenvalue weighted by molar-refractivity contribution is 5.61. The molecule has 19 heavy (non-hydrogen) atoms. The van der Waals surface area contributed by atoms with Crippen LogP contribution in [0.4, 0.5) is 0 Å². The Bertz CT molecular complexity index is 723. The summed E-state index contributed by atoms with van der Waals surface area (Å²) in [7, 11) is 0. The maximum atomic E-state index is 8.81. The molecule has 0 saturated carbocycles. The topological polar surface area (TPSA) is 75.8 Å². The van der Waals surface area contributed by atoms with Crippen molar-refractivity contribution in [3.05, 3.63) is 48.2 Å². The Labute approximate surface area is 109 Å². The van der Waals surface area contributed by atoms with Crippen LogP contribution in [0.15, 0.2) is 51.6 Å². The molecule has 0 aliphatic rings. The fraction of sp³-hybridized carbons (Fsp3) is 0.0714. The van der Waals surface area contributed by atoms with Crippen molar-refractivity contribution in [2.24, 2.45) is 0 Å². The first kappa shape index (κ1) is 11.2. The van der Waals surface area contributed by atoms with Gasteiger partial charge in [-0.2, -0.15) is 10.2 Å². The standard InChI is InChI=1S/C14H9N3O2/c15-8-7-10-4-1-2-5-11(10)14-16-13(17-19-14)12-6-3-9-18-12/h1-6,9H,7H2. The number of hydrogen-bond acceptors (Lipinski definition) is 5. The van der Waals surface area contributed by atoms with Gasteiger partial charge in [-0.3, -0.25) is 0 Å². The lowest BCUT2D eigenvalue weighted by Gasteiger charge is -2.00. The molecule has 3 aromatic rings. The van der Waals surface area contributed by atoms with E-state index in [2.05, 4.69) is 16.2 Å². The van der Waals surface area contributed by atoms with Crippen LogP contribution >= 0.6 is 0 Å². The molecule has 0 fully saturated rings. The van der Waals surface area contributed by atoms with Gasteiger partial charge in [0.2, 0.25) is 5.82 Å². The van der Waals surface area contributed by atoms with Crippen LogP contribution in [-0.4, -0.2) is 10.1 Å². The Morgan fingerprint density at radius 1 is 1.16 bits per heavy atom. The van der Waals surface area contributed by atoms with Crippen molar-refractivity contribution in [1.82, 2.24) is 10.1 Å². The van der Waals surface area contributed by atoms with Gasteiger partial charge in [0.05, 0.1) is 18.8 Å². The van der Waals surface area contributed by atoms with Gasteiger partial charge in [-0.1, -0.05) is 23.4 Å². The molecule has 0 radical (unpaired) electrons. The summed E-state index contributed by atoms with van der Waals surface area (Å²) in [6.07, 6.45) is 1.85. The minimum atomic E-state index is 0.300. The van der Waals surface area contributed by atoms with Crippen molar-refractivity contribution in [3.63, 3.8) is 0 Å². The minimum Gasteiger partial charge on any atom is -0.461 e. The van der Waals surface area contributed by atoms with E-state index in [1.54, 1.807) is 18.4 Å². The molecule has 0 aliphatic carbocycles. The molecule has 0 N–H and O–H groups in total. The molecule has 0 amide bonds. The van der Waals surface area contributed by atoms with Crippen molar-refractivity contribution in [1.29, 1.82) is 5.26 Å². The van der Waals surface area contributed by atoms with Crippen molar-refractivity contribution >= 4 is 0 Å². The van der Waals surface area contributed by atoms with E-state index in [-0.39, 0.29) is 0 Å². The molecule has 2 aromatic heterocycles. The van der Waals surface area contributed by atoms with Gasteiger partial charge in [0, 0.05) is 5.56 Å². The molecule has 92 valence electrons. The summed E-state index contributed by atoms with van der Waals surface area (Å²) in [5.74, 6) is 1.33. The van der Waals surface area contributed by atoms with E-state index >= 15 is 0 Å². The molecule has 0 atom stereocenters. The SMILES string of the molecule is N#CCc1ccccc1-c1nc(-c2ccco2)no1. The highest BCUT2D eigenvalue weighted by Crippen LogP contribution is 2.25. The summed E-state index contributed by atoms with van der Waals surface area (Å²) < 4.78 is 10.4. The van der Waals surface area contributed by atoms with E-state index < -0.39 is 0 Å². The second kappa shape index (κ2) is 4.78. The first-order valence-electron chi connectivity index (χ1n) is 5.71. The predicted octanol–water partition coefficient (Wildman–Crippen LogP) is 3.06. The minimum absolute atomic E-state index is 0.300. The van der Waals surface area contributed by atoms with Crippen molar-refractivity contribution in [2.45, 2.75) is 6.42 Å². The number of nitriles is 1. The molecule has 0 aliphatic heterocycles. The van der Waals surface area contributed by atoms with Crippen LogP contribution in [0.25, 0.3) is 23.0 Å². The molecular formula is C14H9N3O2. The van der Waals surface area contributed by atoms with Gasteiger partial charge in [0.1, 0.15) is 0 Å². The summed E-state index contributed by atoms with van der Waals surface area (Å²) >= 11 is 0. The lowest BCUT2D eigenvalue weighted by atomic mass is 10.1. The molecule has 0 spiro atoms. The third-order valence-electron chi connectivity index (χ3n) is 2.68. The maximum absolute atomic E-state index is 8.81. The number of rotatable bonds is 3. The molecular weight excluding hydrogens is 242 g/mol. The summed E-state index contributed by atoms with van der Waals surface area (Å²) in [5, 5.41) is 12.7. The van der Waals surface area contributed by atoms with Crippen LogP contribution in [0.5, 0.6) is 0 Å². The zero-order chi connectivity index (χ0) is 13.1. The number of nitrogens with zero attached hydrogens (tertiary/aromatic N) is 3. The van der Waals surface area contributed by atoms with Gasteiger partial charge in [0.25, 0.3) is 5.89 Å². The van der Waals surface area contributed by atoms with Crippen molar-refractivity contribution in [3.8, 4) is 29.1 Å². The number of furan rings is 1. The van der Waals surface area contributed by atoms with Crippen LogP contribution < -0.4 is 0 Å². The zero-order valence-corrected chi connectivity index (χ0v) is 9.91. The summed E-state index contributed by atoms with van der Waals surface area (Å²) in [5.41, 5.74) is 1.63. The largest absolute Gasteiger partial charge is 0.461 e. The van der Waals surface area contributed by atoms with Crippen LogP contribution in [0.3, 0.4) is 0 Å².